The second kappa shape index (κ2) is 6.31. The van der Waals surface area contributed by atoms with E-state index in [1.54, 1.807) is 6.20 Å². The zero-order chi connectivity index (χ0) is 12.8. The number of rotatable bonds is 5. The predicted octanol–water partition coefficient (Wildman–Crippen LogP) is 3.45. The molecule has 1 N–H and O–H groups in total. The Hall–Kier alpha value is -1.67. The molecule has 0 bridgehead atoms. The Morgan fingerprint density at radius 3 is 2.61 bits per heavy atom. The van der Waals surface area contributed by atoms with Crippen LogP contribution in [0.5, 0.6) is 0 Å². The van der Waals surface area contributed by atoms with Gasteiger partial charge in [-0.15, -0.1) is 0 Å². The third-order valence-corrected chi connectivity index (χ3v) is 3.15. The molecule has 2 nitrogen and oxygen atoms in total. The summed E-state index contributed by atoms with van der Waals surface area (Å²) in [5.41, 5.74) is 3.19. The van der Waals surface area contributed by atoms with E-state index >= 15 is 0 Å². The minimum atomic E-state index is -0.449. The molecule has 0 radical (unpaired) electrons. The van der Waals surface area contributed by atoms with E-state index < -0.39 is 6.10 Å². The van der Waals surface area contributed by atoms with Crippen LogP contribution in [0.15, 0.2) is 48.7 Å². The average Bonchev–Trinajstić information content (AvgIpc) is 2.40. The van der Waals surface area contributed by atoms with Crippen LogP contribution in [0, 0.1) is 6.92 Å². The lowest BCUT2D eigenvalue weighted by atomic mass is 10.0. The Balaban J connectivity index is 1.86. The molecule has 1 aromatic heterocycles. The van der Waals surface area contributed by atoms with Crippen molar-refractivity contribution in [2.24, 2.45) is 0 Å². The molecule has 2 rings (SSSR count). The van der Waals surface area contributed by atoms with Crippen LogP contribution in [0.4, 0.5) is 0 Å². The fourth-order valence-electron chi connectivity index (χ4n) is 2.13. The average molecular weight is 241 g/mol. The maximum Gasteiger partial charge on any atom is 0.0962 e. The number of aryl methyl sites for hydroxylation is 2. The van der Waals surface area contributed by atoms with Gasteiger partial charge in [0.2, 0.25) is 0 Å². The summed E-state index contributed by atoms with van der Waals surface area (Å²) >= 11 is 0. The van der Waals surface area contributed by atoms with Crippen LogP contribution >= 0.6 is 0 Å². The smallest absolute Gasteiger partial charge is 0.0962 e. The van der Waals surface area contributed by atoms with E-state index in [9.17, 15) is 5.11 Å². The highest BCUT2D eigenvalue weighted by molar-refractivity contribution is 5.20. The Bertz CT molecular complexity index is 481. The molecule has 0 aliphatic rings. The maximum atomic E-state index is 10.1. The summed E-state index contributed by atoms with van der Waals surface area (Å²) in [7, 11) is 0. The molecule has 18 heavy (non-hydrogen) atoms. The summed E-state index contributed by atoms with van der Waals surface area (Å²) in [6, 6.07) is 14.3. The number of nitrogens with zero attached hydrogens (tertiary/aromatic N) is 1. The van der Waals surface area contributed by atoms with Gasteiger partial charge < -0.3 is 5.11 Å². The molecule has 0 fully saturated rings. The molecule has 94 valence electrons. The first-order valence-corrected chi connectivity index (χ1v) is 6.41. The van der Waals surface area contributed by atoms with Gasteiger partial charge >= 0.3 is 0 Å². The van der Waals surface area contributed by atoms with Crippen LogP contribution in [0.1, 0.15) is 35.8 Å². The molecule has 2 aromatic rings. The van der Waals surface area contributed by atoms with Gasteiger partial charge in [-0.25, -0.2) is 0 Å². The maximum absolute atomic E-state index is 10.1. The van der Waals surface area contributed by atoms with Gasteiger partial charge in [0.15, 0.2) is 0 Å². The molecular weight excluding hydrogens is 222 g/mol. The van der Waals surface area contributed by atoms with Gasteiger partial charge in [0.1, 0.15) is 0 Å². The van der Waals surface area contributed by atoms with E-state index in [1.165, 1.54) is 5.56 Å². The van der Waals surface area contributed by atoms with Crippen LogP contribution in [-0.4, -0.2) is 10.1 Å². The topological polar surface area (TPSA) is 33.1 Å². The zero-order valence-corrected chi connectivity index (χ0v) is 10.7. The number of hydrogen-bond donors (Lipinski definition) is 1. The lowest BCUT2D eigenvalue weighted by molar-refractivity contribution is 0.159. The summed E-state index contributed by atoms with van der Waals surface area (Å²) in [6.45, 7) is 1.99. The molecule has 1 heterocycles. The largest absolute Gasteiger partial charge is 0.387 e. The van der Waals surface area contributed by atoms with Gasteiger partial charge in [0.05, 0.1) is 11.8 Å². The first-order valence-electron chi connectivity index (χ1n) is 6.41. The minimum Gasteiger partial charge on any atom is -0.387 e. The van der Waals surface area contributed by atoms with Crippen molar-refractivity contribution in [2.75, 3.05) is 0 Å². The Labute approximate surface area is 108 Å². The first kappa shape index (κ1) is 12.8. The molecular formula is C16H19NO. The fourth-order valence-corrected chi connectivity index (χ4v) is 2.13. The zero-order valence-electron chi connectivity index (χ0n) is 10.7. The van der Waals surface area contributed by atoms with E-state index in [2.05, 4.69) is 29.2 Å². The molecule has 0 saturated heterocycles. The van der Waals surface area contributed by atoms with E-state index in [1.807, 2.05) is 25.1 Å². The molecule has 0 aliphatic heterocycles. The number of aliphatic hydroxyl groups excluding tert-OH is 1. The van der Waals surface area contributed by atoms with Crippen molar-refractivity contribution in [2.45, 2.75) is 32.3 Å². The quantitative estimate of drug-likeness (QED) is 0.869. The number of pyridine rings is 1. The molecule has 1 atom stereocenters. The van der Waals surface area contributed by atoms with Crippen molar-refractivity contribution in [3.05, 3.63) is 65.5 Å². The Kier molecular flexibility index (Phi) is 4.48. The van der Waals surface area contributed by atoms with Crippen molar-refractivity contribution in [1.29, 1.82) is 0 Å². The number of benzene rings is 1. The van der Waals surface area contributed by atoms with E-state index in [0.717, 1.165) is 30.5 Å². The van der Waals surface area contributed by atoms with Crippen LogP contribution in [0.2, 0.25) is 0 Å². The SMILES string of the molecule is Cc1cccnc1C(O)CCCc1ccccc1. The summed E-state index contributed by atoms with van der Waals surface area (Å²) in [5, 5.41) is 10.1. The highest BCUT2D eigenvalue weighted by Gasteiger charge is 2.10. The monoisotopic (exact) mass is 241 g/mol. The third-order valence-electron chi connectivity index (χ3n) is 3.15. The summed E-state index contributed by atoms with van der Waals surface area (Å²) < 4.78 is 0. The Morgan fingerprint density at radius 2 is 1.89 bits per heavy atom. The molecule has 2 heteroatoms. The van der Waals surface area contributed by atoms with Gasteiger partial charge in [0, 0.05) is 6.20 Å². The Morgan fingerprint density at radius 1 is 1.11 bits per heavy atom. The van der Waals surface area contributed by atoms with Gasteiger partial charge in [-0.1, -0.05) is 36.4 Å². The standard InChI is InChI=1S/C16H19NO/c1-13-7-6-12-17-16(13)15(18)11-5-10-14-8-3-2-4-9-14/h2-4,6-9,12,15,18H,5,10-11H2,1H3. The number of hydrogen-bond acceptors (Lipinski definition) is 2. The lowest BCUT2D eigenvalue weighted by Gasteiger charge is -2.12. The molecule has 0 aliphatic carbocycles. The normalized spacial score (nSPS) is 12.3. The van der Waals surface area contributed by atoms with Crippen molar-refractivity contribution in [3.63, 3.8) is 0 Å². The molecule has 0 saturated carbocycles. The van der Waals surface area contributed by atoms with E-state index in [-0.39, 0.29) is 0 Å². The van der Waals surface area contributed by atoms with Crippen LogP contribution in [0.3, 0.4) is 0 Å². The van der Waals surface area contributed by atoms with Crippen molar-refractivity contribution in [3.8, 4) is 0 Å². The third kappa shape index (κ3) is 3.41. The highest BCUT2D eigenvalue weighted by Crippen LogP contribution is 2.20. The first-order chi connectivity index (χ1) is 8.77. The molecule has 0 spiro atoms. The van der Waals surface area contributed by atoms with Gasteiger partial charge in [-0.05, 0) is 43.4 Å². The molecule has 1 aromatic carbocycles. The van der Waals surface area contributed by atoms with Crippen molar-refractivity contribution in [1.82, 2.24) is 4.98 Å². The van der Waals surface area contributed by atoms with Gasteiger partial charge in [0.25, 0.3) is 0 Å². The van der Waals surface area contributed by atoms with Gasteiger partial charge in [-0.2, -0.15) is 0 Å². The van der Waals surface area contributed by atoms with Gasteiger partial charge in [-0.3, -0.25) is 4.98 Å². The fraction of sp³-hybridized carbons (Fsp3) is 0.312. The number of aromatic nitrogens is 1. The summed E-state index contributed by atoms with van der Waals surface area (Å²) in [5.74, 6) is 0. The second-order valence-electron chi connectivity index (χ2n) is 4.60. The summed E-state index contributed by atoms with van der Waals surface area (Å²) in [6.07, 6.45) is 4.02. The predicted molar refractivity (Wildman–Crippen MR) is 73.3 cm³/mol. The minimum absolute atomic E-state index is 0.449. The second-order valence-corrected chi connectivity index (χ2v) is 4.60. The summed E-state index contributed by atoms with van der Waals surface area (Å²) in [4.78, 5) is 4.25. The van der Waals surface area contributed by atoms with Crippen molar-refractivity contribution < 1.29 is 5.11 Å². The van der Waals surface area contributed by atoms with Crippen LogP contribution in [0.25, 0.3) is 0 Å². The van der Waals surface area contributed by atoms with E-state index in [4.69, 9.17) is 0 Å². The highest BCUT2D eigenvalue weighted by atomic mass is 16.3. The van der Waals surface area contributed by atoms with Crippen molar-refractivity contribution >= 4 is 0 Å². The van der Waals surface area contributed by atoms with Crippen LogP contribution in [-0.2, 0) is 6.42 Å². The molecule has 0 amide bonds. The van der Waals surface area contributed by atoms with E-state index in [0.29, 0.717) is 0 Å². The van der Waals surface area contributed by atoms with Crippen LogP contribution < -0.4 is 0 Å². The molecule has 1 unspecified atom stereocenters. The number of aliphatic hydroxyl groups is 1. The lowest BCUT2D eigenvalue weighted by Crippen LogP contribution is -2.03.